The molecule has 0 aromatic heterocycles. The lowest BCUT2D eigenvalue weighted by Crippen LogP contribution is -2.31. The third-order valence-corrected chi connectivity index (χ3v) is 3.67. The summed E-state index contributed by atoms with van der Waals surface area (Å²) in [6.45, 7) is 5.46. The molecule has 0 bridgehead atoms. The summed E-state index contributed by atoms with van der Waals surface area (Å²) in [5, 5.41) is 4.46. The molecule has 1 aliphatic heterocycles. The number of rotatable bonds is 1. The molecule has 1 nitrogen and oxygen atoms in total. The van der Waals surface area contributed by atoms with Gasteiger partial charge in [-0.1, -0.05) is 30.7 Å². The van der Waals surface area contributed by atoms with Crippen LogP contribution in [0.5, 0.6) is 0 Å². The molecule has 1 fully saturated rings. The van der Waals surface area contributed by atoms with Crippen molar-refractivity contribution in [3.8, 4) is 0 Å². The van der Waals surface area contributed by atoms with E-state index in [9.17, 15) is 0 Å². The molecule has 0 aliphatic carbocycles. The lowest BCUT2D eigenvalue weighted by atomic mass is 9.92. The topological polar surface area (TPSA) is 12.0 Å². The molecule has 2 atom stereocenters. The van der Waals surface area contributed by atoms with E-state index in [2.05, 4.69) is 30.4 Å². The van der Waals surface area contributed by atoms with Crippen molar-refractivity contribution in [3.05, 3.63) is 34.3 Å². The van der Waals surface area contributed by atoms with Gasteiger partial charge in [-0.3, -0.25) is 0 Å². The molecule has 0 spiro atoms. The van der Waals surface area contributed by atoms with Crippen LogP contribution in [0.15, 0.2) is 18.2 Å². The van der Waals surface area contributed by atoms with Gasteiger partial charge in [0.05, 0.1) is 0 Å². The first-order valence-corrected chi connectivity index (χ1v) is 6.04. The van der Waals surface area contributed by atoms with E-state index in [4.69, 9.17) is 11.6 Å². The predicted molar refractivity (Wildman–Crippen MR) is 65.3 cm³/mol. The Morgan fingerprint density at radius 2 is 2.13 bits per heavy atom. The number of aryl methyl sites for hydroxylation is 1. The van der Waals surface area contributed by atoms with Crippen LogP contribution in [-0.4, -0.2) is 6.54 Å². The number of halogens is 1. The van der Waals surface area contributed by atoms with E-state index in [1.807, 2.05) is 6.92 Å². The van der Waals surface area contributed by atoms with Crippen LogP contribution in [0.3, 0.4) is 0 Å². The molecule has 0 saturated carbocycles. The lowest BCUT2D eigenvalue weighted by Gasteiger charge is -2.28. The third-order valence-electron chi connectivity index (χ3n) is 3.26. The van der Waals surface area contributed by atoms with E-state index in [0.717, 1.165) is 23.0 Å². The zero-order valence-corrected chi connectivity index (χ0v) is 10.1. The second-order valence-corrected chi connectivity index (χ2v) is 5.06. The fraction of sp³-hybridized carbons (Fsp3) is 0.538. The Labute approximate surface area is 96.8 Å². The predicted octanol–water partition coefficient (Wildman–Crippen LogP) is 3.71. The highest BCUT2D eigenvalue weighted by molar-refractivity contribution is 6.31. The molecule has 1 heterocycles. The largest absolute Gasteiger partial charge is 0.310 e. The van der Waals surface area contributed by atoms with E-state index < -0.39 is 0 Å². The molecule has 1 saturated heterocycles. The summed E-state index contributed by atoms with van der Waals surface area (Å²) in [6, 6.07) is 6.90. The van der Waals surface area contributed by atoms with Crippen molar-refractivity contribution in [1.29, 1.82) is 0 Å². The van der Waals surface area contributed by atoms with Crippen LogP contribution in [0, 0.1) is 12.8 Å². The Hall–Kier alpha value is -0.530. The molecule has 82 valence electrons. The van der Waals surface area contributed by atoms with Crippen molar-refractivity contribution in [2.75, 3.05) is 6.54 Å². The SMILES string of the molecule is Cc1ccc([C@@H]2CC[C@@H](C)CN2)cc1Cl. The van der Waals surface area contributed by atoms with Crippen molar-refractivity contribution in [2.45, 2.75) is 32.7 Å². The number of hydrogen-bond donors (Lipinski definition) is 1. The molecule has 0 unspecified atom stereocenters. The van der Waals surface area contributed by atoms with E-state index in [1.165, 1.54) is 18.4 Å². The van der Waals surface area contributed by atoms with Gasteiger partial charge in [0.1, 0.15) is 0 Å². The maximum absolute atomic E-state index is 6.13. The highest BCUT2D eigenvalue weighted by atomic mass is 35.5. The van der Waals surface area contributed by atoms with Crippen LogP contribution in [0.2, 0.25) is 5.02 Å². The molecule has 1 aliphatic rings. The molecule has 2 heteroatoms. The summed E-state index contributed by atoms with van der Waals surface area (Å²) in [4.78, 5) is 0. The van der Waals surface area contributed by atoms with Crippen molar-refractivity contribution >= 4 is 11.6 Å². The van der Waals surface area contributed by atoms with Crippen LogP contribution < -0.4 is 5.32 Å². The minimum Gasteiger partial charge on any atom is -0.310 e. The first kappa shape index (κ1) is 11.0. The smallest absolute Gasteiger partial charge is 0.0438 e. The summed E-state index contributed by atoms with van der Waals surface area (Å²) in [5.41, 5.74) is 2.49. The quantitative estimate of drug-likeness (QED) is 0.766. The van der Waals surface area contributed by atoms with Gasteiger partial charge in [0.25, 0.3) is 0 Å². The normalized spacial score (nSPS) is 26.6. The van der Waals surface area contributed by atoms with Crippen molar-refractivity contribution < 1.29 is 0 Å². The summed E-state index contributed by atoms with van der Waals surface area (Å²) < 4.78 is 0. The second-order valence-electron chi connectivity index (χ2n) is 4.65. The summed E-state index contributed by atoms with van der Waals surface area (Å²) in [5.74, 6) is 0.808. The maximum Gasteiger partial charge on any atom is 0.0438 e. The minimum absolute atomic E-state index is 0.499. The third kappa shape index (κ3) is 2.53. The maximum atomic E-state index is 6.13. The molecular formula is C13H18ClN. The lowest BCUT2D eigenvalue weighted by molar-refractivity contribution is 0.333. The first-order valence-electron chi connectivity index (χ1n) is 5.66. The number of nitrogens with one attached hydrogen (secondary N) is 1. The van der Waals surface area contributed by atoms with Gasteiger partial charge >= 0.3 is 0 Å². The van der Waals surface area contributed by atoms with E-state index in [-0.39, 0.29) is 0 Å². The molecular weight excluding hydrogens is 206 g/mol. The number of piperidine rings is 1. The van der Waals surface area contributed by atoms with Crippen LogP contribution in [-0.2, 0) is 0 Å². The first-order chi connectivity index (χ1) is 7.16. The highest BCUT2D eigenvalue weighted by Crippen LogP contribution is 2.28. The molecule has 0 radical (unpaired) electrons. The van der Waals surface area contributed by atoms with Gasteiger partial charge in [0.2, 0.25) is 0 Å². The van der Waals surface area contributed by atoms with Gasteiger partial charge in [-0.25, -0.2) is 0 Å². The minimum atomic E-state index is 0.499. The molecule has 15 heavy (non-hydrogen) atoms. The van der Waals surface area contributed by atoms with Crippen molar-refractivity contribution in [3.63, 3.8) is 0 Å². The molecule has 2 rings (SSSR count). The number of benzene rings is 1. The molecule has 1 aromatic rings. The number of hydrogen-bond acceptors (Lipinski definition) is 1. The van der Waals surface area contributed by atoms with Crippen LogP contribution in [0.25, 0.3) is 0 Å². The average Bonchev–Trinajstić information content (AvgIpc) is 2.23. The monoisotopic (exact) mass is 223 g/mol. The second kappa shape index (κ2) is 4.54. The summed E-state index contributed by atoms with van der Waals surface area (Å²) in [6.07, 6.45) is 2.53. The van der Waals surface area contributed by atoms with E-state index in [0.29, 0.717) is 6.04 Å². The zero-order chi connectivity index (χ0) is 10.8. The van der Waals surface area contributed by atoms with Crippen LogP contribution >= 0.6 is 11.6 Å². The van der Waals surface area contributed by atoms with Gasteiger partial charge in [-0.15, -0.1) is 0 Å². The van der Waals surface area contributed by atoms with Crippen LogP contribution in [0.4, 0.5) is 0 Å². The van der Waals surface area contributed by atoms with Crippen molar-refractivity contribution in [2.24, 2.45) is 5.92 Å². The Balaban J connectivity index is 2.12. The Kier molecular flexibility index (Phi) is 3.32. The van der Waals surface area contributed by atoms with Crippen LogP contribution in [0.1, 0.15) is 36.9 Å². The molecule has 1 N–H and O–H groups in total. The molecule has 1 aromatic carbocycles. The fourth-order valence-corrected chi connectivity index (χ4v) is 2.30. The van der Waals surface area contributed by atoms with Gasteiger partial charge < -0.3 is 5.32 Å². The van der Waals surface area contributed by atoms with E-state index in [1.54, 1.807) is 0 Å². The summed E-state index contributed by atoms with van der Waals surface area (Å²) in [7, 11) is 0. The fourth-order valence-electron chi connectivity index (χ4n) is 2.11. The van der Waals surface area contributed by atoms with Gasteiger partial charge in [-0.05, 0) is 49.4 Å². The zero-order valence-electron chi connectivity index (χ0n) is 9.39. The van der Waals surface area contributed by atoms with Crippen molar-refractivity contribution in [1.82, 2.24) is 5.32 Å². The van der Waals surface area contributed by atoms with Gasteiger partial charge in [0.15, 0.2) is 0 Å². The Morgan fingerprint density at radius 1 is 1.33 bits per heavy atom. The molecule has 0 amide bonds. The Bertz CT molecular complexity index is 340. The van der Waals surface area contributed by atoms with Gasteiger partial charge in [-0.2, -0.15) is 0 Å². The standard InChI is InChI=1S/C13H18ClN/c1-9-3-6-13(15-8-9)11-5-4-10(2)12(14)7-11/h4-5,7,9,13,15H,3,6,8H2,1-2H3/t9-,13+/m1/s1. The van der Waals surface area contributed by atoms with Gasteiger partial charge in [0, 0.05) is 11.1 Å². The Morgan fingerprint density at radius 3 is 2.73 bits per heavy atom. The highest BCUT2D eigenvalue weighted by Gasteiger charge is 2.18. The average molecular weight is 224 g/mol. The summed E-state index contributed by atoms with van der Waals surface area (Å²) >= 11 is 6.13. The van der Waals surface area contributed by atoms with E-state index >= 15 is 0 Å².